The number of amides is 1. The summed E-state index contributed by atoms with van der Waals surface area (Å²) >= 11 is 12.3. The summed E-state index contributed by atoms with van der Waals surface area (Å²) in [5.41, 5.74) is 1.70. The maximum absolute atomic E-state index is 13.5. The summed E-state index contributed by atoms with van der Waals surface area (Å²) in [5.74, 6) is 0.388. The van der Waals surface area contributed by atoms with Crippen molar-refractivity contribution in [1.29, 1.82) is 0 Å². The van der Waals surface area contributed by atoms with Gasteiger partial charge in [0.25, 0.3) is 5.91 Å². The molecule has 30 heavy (non-hydrogen) atoms. The fourth-order valence-corrected chi connectivity index (χ4v) is 4.35. The van der Waals surface area contributed by atoms with Crippen LogP contribution in [0.1, 0.15) is 10.4 Å². The number of carbonyl (C=O) groups is 1. The van der Waals surface area contributed by atoms with Gasteiger partial charge < -0.3 is 9.64 Å². The monoisotopic (exact) mass is 461 g/mol. The van der Waals surface area contributed by atoms with E-state index in [0.717, 1.165) is 5.69 Å². The Kier molecular flexibility index (Phi) is 5.94. The molecule has 1 atom stereocenters. The van der Waals surface area contributed by atoms with Gasteiger partial charge in [0, 0.05) is 36.3 Å². The first-order valence-electron chi connectivity index (χ1n) is 9.04. The molecule has 154 valence electrons. The third-order valence-electron chi connectivity index (χ3n) is 4.65. The molecule has 2 aromatic carbocycles. The molecule has 3 aromatic rings. The van der Waals surface area contributed by atoms with E-state index in [1.807, 2.05) is 24.3 Å². The van der Waals surface area contributed by atoms with Gasteiger partial charge in [-0.3, -0.25) is 14.1 Å². The SMILES string of the molecule is CS(=O)N1CCN(C(=O)c2cnccc2Oc2cc(Cl)ccc2Cl)c2ccccc21. The second-order valence-corrected chi connectivity index (χ2v) is 8.65. The molecule has 1 aliphatic heterocycles. The average Bonchev–Trinajstić information content (AvgIpc) is 2.75. The number of rotatable bonds is 4. The minimum Gasteiger partial charge on any atom is -0.455 e. The van der Waals surface area contributed by atoms with Crippen LogP contribution in [-0.4, -0.2) is 34.4 Å². The van der Waals surface area contributed by atoms with Crippen LogP contribution in [0.15, 0.2) is 60.9 Å². The van der Waals surface area contributed by atoms with Crippen LogP contribution in [0, 0.1) is 0 Å². The van der Waals surface area contributed by atoms with E-state index in [1.54, 1.807) is 39.7 Å². The minimum atomic E-state index is -1.19. The van der Waals surface area contributed by atoms with Crippen molar-refractivity contribution < 1.29 is 13.7 Å². The molecule has 0 aliphatic carbocycles. The molecule has 0 bridgehead atoms. The highest BCUT2D eigenvalue weighted by Gasteiger charge is 2.30. The Morgan fingerprint density at radius 2 is 1.83 bits per heavy atom. The summed E-state index contributed by atoms with van der Waals surface area (Å²) < 4.78 is 19.8. The number of benzene rings is 2. The molecule has 1 unspecified atom stereocenters. The third kappa shape index (κ3) is 4.01. The van der Waals surface area contributed by atoms with E-state index in [4.69, 9.17) is 27.9 Å². The number of pyridine rings is 1. The molecule has 0 radical (unpaired) electrons. The topological polar surface area (TPSA) is 62.7 Å². The van der Waals surface area contributed by atoms with Gasteiger partial charge in [0.15, 0.2) is 0 Å². The molecular formula is C21H17Cl2N3O3S. The van der Waals surface area contributed by atoms with Crippen molar-refractivity contribution in [3.8, 4) is 11.5 Å². The molecule has 0 spiro atoms. The lowest BCUT2D eigenvalue weighted by Crippen LogP contribution is -2.44. The number of nitrogens with zero attached hydrogens (tertiary/aromatic N) is 3. The lowest BCUT2D eigenvalue weighted by molar-refractivity contribution is 0.0984. The van der Waals surface area contributed by atoms with Crippen LogP contribution < -0.4 is 13.9 Å². The van der Waals surface area contributed by atoms with Crippen molar-refractivity contribution in [3.63, 3.8) is 0 Å². The zero-order valence-corrected chi connectivity index (χ0v) is 18.2. The van der Waals surface area contributed by atoms with Crippen LogP contribution in [0.25, 0.3) is 0 Å². The van der Waals surface area contributed by atoms with E-state index >= 15 is 0 Å². The van der Waals surface area contributed by atoms with Crippen LogP contribution >= 0.6 is 23.2 Å². The van der Waals surface area contributed by atoms with Crippen molar-refractivity contribution in [2.75, 3.05) is 28.6 Å². The molecule has 0 saturated heterocycles. The summed E-state index contributed by atoms with van der Waals surface area (Å²) in [7, 11) is -1.19. The molecule has 0 fully saturated rings. The van der Waals surface area contributed by atoms with Crippen molar-refractivity contribution in [2.45, 2.75) is 0 Å². The lowest BCUT2D eigenvalue weighted by Gasteiger charge is -2.36. The predicted octanol–water partition coefficient (Wildman–Crippen LogP) is 4.94. The number of aromatic nitrogens is 1. The molecular weight excluding hydrogens is 445 g/mol. The van der Waals surface area contributed by atoms with E-state index < -0.39 is 11.0 Å². The Bertz CT molecular complexity index is 1140. The van der Waals surface area contributed by atoms with Crippen LogP contribution in [0.5, 0.6) is 11.5 Å². The molecule has 0 saturated carbocycles. The first-order valence-corrected chi connectivity index (χ1v) is 11.3. The van der Waals surface area contributed by atoms with Crippen LogP contribution in [0.3, 0.4) is 0 Å². The van der Waals surface area contributed by atoms with Crippen LogP contribution in [0.2, 0.25) is 10.0 Å². The highest BCUT2D eigenvalue weighted by atomic mass is 35.5. The fourth-order valence-electron chi connectivity index (χ4n) is 3.26. The van der Waals surface area contributed by atoms with Crippen LogP contribution in [-0.2, 0) is 11.0 Å². The quantitative estimate of drug-likeness (QED) is 0.551. The molecule has 4 rings (SSSR count). The number of hydrogen-bond acceptors (Lipinski definition) is 4. The van der Waals surface area contributed by atoms with Gasteiger partial charge in [0.05, 0.1) is 22.9 Å². The maximum atomic E-state index is 13.5. The number of fused-ring (bicyclic) bond motifs is 1. The highest BCUT2D eigenvalue weighted by molar-refractivity contribution is 7.85. The van der Waals surface area contributed by atoms with E-state index in [9.17, 15) is 9.00 Å². The summed E-state index contributed by atoms with van der Waals surface area (Å²) in [6.45, 7) is 0.824. The number of carbonyl (C=O) groups excluding carboxylic acids is 1. The molecule has 2 heterocycles. The molecule has 1 amide bonds. The van der Waals surface area contributed by atoms with E-state index in [2.05, 4.69) is 4.98 Å². The molecule has 1 aromatic heterocycles. The largest absolute Gasteiger partial charge is 0.455 e. The molecule has 9 heteroatoms. The maximum Gasteiger partial charge on any atom is 0.263 e. The number of para-hydroxylation sites is 2. The molecule has 1 aliphatic rings. The van der Waals surface area contributed by atoms with Gasteiger partial charge in [-0.25, -0.2) is 4.21 Å². The van der Waals surface area contributed by atoms with Gasteiger partial charge >= 0.3 is 0 Å². The van der Waals surface area contributed by atoms with Gasteiger partial charge in [0.2, 0.25) is 0 Å². The van der Waals surface area contributed by atoms with Crippen molar-refractivity contribution >= 4 is 51.5 Å². The smallest absolute Gasteiger partial charge is 0.263 e. The van der Waals surface area contributed by atoms with Gasteiger partial charge in [-0.1, -0.05) is 35.3 Å². The van der Waals surface area contributed by atoms with E-state index in [-0.39, 0.29) is 11.5 Å². The molecule has 6 nitrogen and oxygen atoms in total. The number of halogens is 2. The fraction of sp³-hybridized carbons (Fsp3) is 0.143. The Hall–Kier alpha value is -2.61. The zero-order chi connectivity index (χ0) is 21.3. The highest BCUT2D eigenvalue weighted by Crippen LogP contribution is 2.37. The van der Waals surface area contributed by atoms with Gasteiger partial charge in [0.1, 0.15) is 28.0 Å². The Morgan fingerprint density at radius 3 is 2.60 bits per heavy atom. The van der Waals surface area contributed by atoms with Gasteiger partial charge in [-0.2, -0.15) is 0 Å². The minimum absolute atomic E-state index is 0.273. The average molecular weight is 462 g/mol. The predicted molar refractivity (Wildman–Crippen MR) is 120 cm³/mol. The third-order valence-corrected chi connectivity index (χ3v) is 6.20. The normalized spacial score (nSPS) is 14.2. The second-order valence-electron chi connectivity index (χ2n) is 6.52. The Morgan fingerprint density at radius 1 is 1.07 bits per heavy atom. The van der Waals surface area contributed by atoms with Gasteiger partial charge in [-0.15, -0.1) is 0 Å². The zero-order valence-electron chi connectivity index (χ0n) is 15.9. The van der Waals surface area contributed by atoms with E-state index in [0.29, 0.717) is 40.3 Å². The summed E-state index contributed by atoms with van der Waals surface area (Å²) in [5, 5.41) is 0.841. The lowest BCUT2D eigenvalue weighted by atomic mass is 10.1. The molecule has 0 N–H and O–H groups in total. The van der Waals surface area contributed by atoms with Crippen LogP contribution in [0.4, 0.5) is 11.4 Å². The standard InChI is InChI=1S/C21H17Cl2N3O3S/c1-30(28)26-11-10-25(17-4-2-3-5-18(17)26)21(27)15-13-24-9-8-19(15)29-20-12-14(22)6-7-16(20)23/h2-9,12-13H,10-11H2,1H3. The van der Waals surface area contributed by atoms with Gasteiger partial charge in [-0.05, 0) is 30.3 Å². The summed E-state index contributed by atoms with van der Waals surface area (Å²) in [6, 6.07) is 13.8. The summed E-state index contributed by atoms with van der Waals surface area (Å²) in [4.78, 5) is 19.2. The van der Waals surface area contributed by atoms with E-state index in [1.165, 1.54) is 12.4 Å². The van der Waals surface area contributed by atoms with Crippen molar-refractivity contribution in [2.24, 2.45) is 0 Å². The summed E-state index contributed by atoms with van der Waals surface area (Å²) in [6.07, 6.45) is 4.62. The second kappa shape index (κ2) is 8.63. The Labute approximate surface area is 186 Å². The first-order chi connectivity index (χ1) is 14.5. The Balaban J connectivity index is 1.70. The first kappa shape index (κ1) is 20.7. The number of anilines is 2. The number of ether oxygens (including phenoxy) is 1. The van der Waals surface area contributed by atoms with Crippen molar-refractivity contribution in [3.05, 3.63) is 76.5 Å². The van der Waals surface area contributed by atoms with Crippen molar-refractivity contribution in [1.82, 2.24) is 4.98 Å². The number of hydrogen-bond donors (Lipinski definition) is 0.